The van der Waals surface area contributed by atoms with E-state index in [1.165, 1.54) is 59.5 Å². The Balaban J connectivity index is 0.000000176. The van der Waals surface area contributed by atoms with E-state index in [1.807, 2.05) is 27.9 Å². The molecule has 0 bridgehead atoms. The van der Waals surface area contributed by atoms with E-state index in [4.69, 9.17) is 24.2 Å². The van der Waals surface area contributed by atoms with Crippen molar-refractivity contribution < 1.29 is 19.0 Å². The van der Waals surface area contributed by atoms with Gasteiger partial charge < -0.3 is 33.6 Å². The lowest BCUT2D eigenvalue weighted by Crippen LogP contribution is -2.49. The fourth-order valence-corrected chi connectivity index (χ4v) is 7.69. The molecule has 4 heterocycles. The van der Waals surface area contributed by atoms with E-state index in [-0.39, 0.29) is 36.8 Å². The zero-order valence-corrected chi connectivity index (χ0v) is 31.6. The first-order valence-electron chi connectivity index (χ1n) is 18.3. The fourth-order valence-electron chi connectivity index (χ4n) is 7.69. The third-order valence-electron chi connectivity index (χ3n) is 10.5. The minimum absolute atomic E-state index is 0. The summed E-state index contributed by atoms with van der Waals surface area (Å²) in [7, 11) is 3.56. The topological polar surface area (TPSA) is 95.7 Å². The number of halogens is 1. The van der Waals surface area contributed by atoms with Crippen molar-refractivity contribution in [2.24, 2.45) is 0 Å². The highest BCUT2D eigenvalue weighted by atomic mass is 35.5. The first-order valence-corrected chi connectivity index (χ1v) is 18.3. The maximum absolute atomic E-state index is 12.5. The molecule has 0 spiro atoms. The molecule has 2 aliphatic carbocycles. The predicted molar refractivity (Wildman–Crippen MR) is 200 cm³/mol. The lowest BCUT2D eigenvalue weighted by molar-refractivity contribution is -0.0249. The Morgan fingerprint density at radius 3 is 1.78 bits per heavy atom. The standard InChI is InChI=1S/C22H31N3O3.C17H23N3O.ClH/c1-14-6-9-17-16(12-14)23-20(15-7-8-15)25(17)18-10-11-24(13-19(18)27-5)21(26)28-22(2,3)4;1-11-3-6-14-13(9-11)19-17(12-4-5-12)20(14)15-7-8-18-10-16(15)21-2;/h6,9,12,15,18-19H,7-8,10-11,13H2,1-5H3;3,6,9,12,15-16,18H,4-5,7-8,10H2,1-2H3;1H/t18-,19-;15-,16-;/m00./s1. The molecule has 2 saturated heterocycles. The number of carbonyl (C=O) groups excluding carboxylic acids is 1. The van der Waals surface area contributed by atoms with Crippen LogP contribution in [0.5, 0.6) is 0 Å². The van der Waals surface area contributed by atoms with E-state index in [0.717, 1.165) is 37.0 Å². The molecule has 1 amide bonds. The zero-order valence-electron chi connectivity index (χ0n) is 30.8. The van der Waals surface area contributed by atoms with Crippen LogP contribution in [0.1, 0.15) is 106 Å². The highest BCUT2D eigenvalue weighted by Crippen LogP contribution is 2.44. The molecule has 2 aromatic carbocycles. The minimum Gasteiger partial charge on any atom is -0.444 e. The van der Waals surface area contributed by atoms with Crippen molar-refractivity contribution in [3.63, 3.8) is 0 Å². The Morgan fingerprint density at radius 1 is 0.780 bits per heavy atom. The number of aryl methyl sites for hydroxylation is 2. The van der Waals surface area contributed by atoms with Crippen molar-refractivity contribution in [3.05, 3.63) is 59.2 Å². The van der Waals surface area contributed by atoms with Gasteiger partial charge in [-0.25, -0.2) is 14.8 Å². The summed E-state index contributed by atoms with van der Waals surface area (Å²) < 4.78 is 22.1. The summed E-state index contributed by atoms with van der Waals surface area (Å²) >= 11 is 0. The van der Waals surface area contributed by atoms with Gasteiger partial charge in [0, 0.05) is 39.1 Å². The number of aromatic nitrogens is 4. The van der Waals surface area contributed by atoms with Gasteiger partial charge in [0.05, 0.1) is 52.9 Å². The van der Waals surface area contributed by atoms with Crippen LogP contribution in [0.4, 0.5) is 4.79 Å². The van der Waals surface area contributed by atoms with Crippen molar-refractivity contribution in [1.82, 2.24) is 29.3 Å². The van der Waals surface area contributed by atoms with E-state index in [0.29, 0.717) is 31.0 Å². The van der Waals surface area contributed by atoms with Crippen LogP contribution in [0.25, 0.3) is 22.1 Å². The molecule has 2 saturated carbocycles. The number of benzene rings is 2. The molecule has 4 aliphatic rings. The van der Waals surface area contributed by atoms with Crippen molar-refractivity contribution in [1.29, 1.82) is 0 Å². The number of methoxy groups -OCH3 is 2. The number of nitrogens with zero attached hydrogens (tertiary/aromatic N) is 5. The van der Waals surface area contributed by atoms with Crippen molar-refractivity contribution >= 4 is 40.6 Å². The quantitative estimate of drug-likeness (QED) is 0.221. The number of hydrogen-bond donors (Lipinski definition) is 1. The summed E-state index contributed by atoms with van der Waals surface area (Å²) in [6, 6.07) is 13.7. The van der Waals surface area contributed by atoms with Crippen LogP contribution in [0.15, 0.2) is 36.4 Å². The number of hydrogen-bond acceptors (Lipinski definition) is 7. The second kappa shape index (κ2) is 14.8. The summed E-state index contributed by atoms with van der Waals surface area (Å²) in [5.74, 6) is 3.67. The smallest absolute Gasteiger partial charge is 0.410 e. The normalized spacial score (nSPS) is 24.1. The number of nitrogens with one attached hydrogen (secondary N) is 1. The van der Waals surface area contributed by atoms with Gasteiger partial charge in [0.1, 0.15) is 17.2 Å². The van der Waals surface area contributed by atoms with Crippen LogP contribution in [0.3, 0.4) is 0 Å². The second-order valence-corrected chi connectivity index (χ2v) is 15.6. The number of fused-ring (bicyclic) bond motifs is 2. The highest BCUT2D eigenvalue weighted by Gasteiger charge is 2.39. The van der Waals surface area contributed by atoms with Gasteiger partial charge in [0.15, 0.2) is 0 Å². The third-order valence-corrected chi connectivity index (χ3v) is 10.5. The number of likely N-dealkylation sites (tertiary alicyclic amines) is 1. The number of ether oxygens (including phenoxy) is 3. The molecule has 1 N–H and O–H groups in total. The Bertz CT molecular complexity index is 1810. The summed E-state index contributed by atoms with van der Waals surface area (Å²) in [4.78, 5) is 24.3. The van der Waals surface area contributed by atoms with Crippen molar-refractivity contribution in [2.45, 2.75) is 115 Å². The number of carbonyl (C=O) groups is 1. The van der Waals surface area contributed by atoms with Gasteiger partial charge in [-0.05, 0) is 115 Å². The molecule has 4 atom stereocenters. The van der Waals surface area contributed by atoms with Crippen molar-refractivity contribution in [3.8, 4) is 0 Å². The van der Waals surface area contributed by atoms with Gasteiger partial charge in [0.2, 0.25) is 0 Å². The van der Waals surface area contributed by atoms with Crippen LogP contribution in [0.2, 0.25) is 0 Å². The number of amides is 1. The van der Waals surface area contributed by atoms with Crippen LogP contribution < -0.4 is 5.32 Å². The number of imidazole rings is 2. The summed E-state index contributed by atoms with van der Waals surface area (Å²) in [5.41, 5.74) is 6.66. The predicted octanol–water partition coefficient (Wildman–Crippen LogP) is 7.61. The lowest BCUT2D eigenvalue weighted by atomic mass is 10.0. The van der Waals surface area contributed by atoms with Crippen LogP contribution in [-0.2, 0) is 14.2 Å². The second-order valence-electron chi connectivity index (χ2n) is 15.6. The zero-order chi connectivity index (χ0) is 34.4. The largest absolute Gasteiger partial charge is 0.444 e. The SMILES string of the molecule is CO[C@H]1CN(C(=O)OC(C)(C)C)CC[C@@H]1n1c(C2CC2)nc2cc(C)ccc21.CO[C@H]1CNCC[C@@H]1n1c(C2CC2)nc2cc(C)ccc21.Cl. The van der Waals surface area contributed by atoms with Crippen molar-refractivity contribution in [2.75, 3.05) is 40.4 Å². The van der Waals surface area contributed by atoms with Gasteiger partial charge in [-0.3, -0.25) is 0 Å². The van der Waals surface area contributed by atoms with Crippen LogP contribution >= 0.6 is 12.4 Å². The summed E-state index contributed by atoms with van der Waals surface area (Å²) in [6.07, 6.45) is 6.80. The molecule has 11 heteroatoms. The molecule has 0 unspecified atom stereocenters. The molecule has 50 heavy (non-hydrogen) atoms. The Hall–Kier alpha value is -3.18. The number of piperidine rings is 2. The molecule has 10 nitrogen and oxygen atoms in total. The van der Waals surface area contributed by atoms with E-state index >= 15 is 0 Å². The maximum Gasteiger partial charge on any atom is 0.410 e. The van der Waals surface area contributed by atoms with E-state index in [1.54, 1.807) is 12.0 Å². The molecular formula is C39H55ClN6O4. The first kappa shape index (κ1) is 36.6. The van der Waals surface area contributed by atoms with Crippen LogP contribution in [-0.4, -0.2) is 88.3 Å². The average Bonchev–Trinajstić information content (AvgIpc) is 4.02. The van der Waals surface area contributed by atoms with E-state index in [9.17, 15) is 4.79 Å². The summed E-state index contributed by atoms with van der Waals surface area (Å²) in [5, 5.41) is 3.44. The highest BCUT2D eigenvalue weighted by molar-refractivity contribution is 5.85. The molecular weight excluding hydrogens is 652 g/mol. The van der Waals surface area contributed by atoms with Gasteiger partial charge in [0.25, 0.3) is 0 Å². The third kappa shape index (κ3) is 7.69. The molecule has 8 rings (SSSR count). The Morgan fingerprint density at radius 2 is 1.30 bits per heavy atom. The van der Waals surface area contributed by atoms with Gasteiger partial charge in [-0.15, -0.1) is 12.4 Å². The van der Waals surface area contributed by atoms with Gasteiger partial charge in [-0.2, -0.15) is 0 Å². The van der Waals surface area contributed by atoms with E-state index < -0.39 is 5.60 Å². The Kier molecular flexibility index (Phi) is 10.8. The molecule has 2 aromatic heterocycles. The van der Waals surface area contributed by atoms with Gasteiger partial charge >= 0.3 is 6.09 Å². The molecule has 272 valence electrons. The molecule has 0 radical (unpaired) electrons. The monoisotopic (exact) mass is 706 g/mol. The summed E-state index contributed by atoms with van der Waals surface area (Å²) in [6.45, 7) is 13.1. The minimum atomic E-state index is -0.492. The molecule has 4 fully saturated rings. The molecule has 4 aromatic rings. The Labute approximate surface area is 302 Å². The van der Waals surface area contributed by atoms with Gasteiger partial charge in [-0.1, -0.05) is 12.1 Å². The maximum atomic E-state index is 12.5. The first-order chi connectivity index (χ1) is 23.5. The number of rotatable bonds is 6. The van der Waals surface area contributed by atoms with E-state index in [2.05, 4.69) is 64.7 Å². The molecule has 2 aliphatic heterocycles. The lowest BCUT2D eigenvalue weighted by Gasteiger charge is -2.39. The average molecular weight is 707 g/mol. The fraction of sp³-hybridized carbons (Fsp3) is 0.615. The van der Waals surface area contributed by atoms with Crippen LogP contribution in [0, 0.1) is 13.8 Å².